The van der Waals surface area contributed by atoms with Crippen molar-refractivity contribution in [3.8, 4) is 11.5 Å². The molecule has 3 aromatic rings. The SMILES string of the molecule is COc1cc(CCc2cc(NC(=O)c3ccc(N4CCN(OC(=O)OC(C)(C)C)CC4)s3)[nH]n2)cc(OC)c1. The number of nitrogens with one attached hydrogen (secondary N) is 2. The molecule has 0 radical (unpaired) electrons. The van der Waals surface area contributed by atoms with E-state index < -0.39 is 11.8 Å². The third-order valence-electron chi connectivity index (χ3n) is 5.92. The van der Waals surface area contributed by atoms with Gasteiger partial charge in [-0.15, -0.1) is 16.4 Å². The number of hydrogen-bond acceptors (Lipinski definition) is 10. The summed E-state index contributed by atoms with van der Waals surface area (Å²) in [5.41, 5.74) is 1.31. The van der Waals surface area contributed by atoms with Crippen molar-refractivity contribution in [1.29, 1.82) is 0 Å². The number of aryl methyl sites for hydroxylation is 2. The Balaban J connectivity index is 1.26. The van der Waals surface area contributed by atoms with E-state index in [-0.39, 0.29) is 5.91 Å². The Kier molecular flexibility index (Phi) is 8.97. The van der Waals surface area contributed by atoms with Crippen LogP contribution >= 0.6 is 11.3 Å². The summed E-state index contributed by atoms with van der Waals surface area (Å²) in [5, 5.41) is 12.7. The molecule has 39 heavy (non-hydrogen) atoms. The number of anilines is 2. The minimum atomic E-state index is -0.700. The Hall–Kier alpha value is -3.77. The largest absolute Gasteiger partial charge is 0.528 e. The fourth-order valence-corrected chi connectivity index (χ4v) is 4.97. The highest BCUT2D eigenvalue weighted by molar-refractivity contribution is 7.18. The van der Waals surface area contributed by atoms with Crippen molar-refractivity contribution in [2.45, 2.75) is 39.2 Å². The van der Waals surface area contributed by atoms with Gasteiger partial charge in [0, 0.05) is 25.2 Å². The molecular formula is C27H35N5O6S. The number of H-pyrrole nitrogens is 1. The van der Waals surface area contributed by atoms with Crippen LogP contribution in [0.5, 0.6) is 11.5 Å². The highest BCUT2D eigenvalue weighted by Crippen LogP contribution is 2.28. The Morgan fingerprint density at radius 1 is 1.00 bits per heavy atom. The van der Waals surface area contributed by atoms with Crippen LogP contribution in [0.15, 0.2) is 36.4 Å². The van der Waals surface area contributed by atoms with Crippen molar-refractivity contribution >= 4 is 34.2 Å². The van der Waals surface area contributed by atoms with Crippen LogP contribution in [0.4, 0.5) is 15.6 Å². The summed E-state index contributed by atoms with van der Waals surface area (Å²) in [6, 6.07) is 11.4. The first-order valence-electron chi connectivity index (χ1n) is 12.7. The molecule has 11 nitrogen and oxygen atoms in total. The summed E-state index contributed by atoms with van der Waals surface area (Å²) >= 11 is 1.42. The predicted molar refractivity (Wildman–Crippen MR) is 149 cm³/mol. The molecule has 2 N–H and O–H groups in total. The maximum absolute atomic E-state index is 12.9. The van der Waals surface area contributed by atoms with E-state index in [1.807, 2.05) is 36.4 Å². The van der Waals surface area contributed by atoms with Gasteiger partial charge in [0.25, 0.3) is 5.91 Å². The van der Waals surface area contributed by atoms with Gasteiger partial charge in [-0.05, 0) is 63.4 Å². The number of methoxy groups -OCH3 is 2. The van der Waals surface area contributed by atoms with Gasteiger partial charge >= 0.3 is 6.16 Å². The number of carbonyl (C=O) groups excluding carboxylic acids is 2. The van der Waals surface area contributed by atoms with E-state index in [9.17, 15) is 9.59 Å². The number of thiophene rings is 1. The van der Waals surface area contributed by atoms with Gasteiger partial charge in [-0.2, -0.15) is 5.10 Å². The fraction of sp³-hybridized carbons (Fsp3) is 0.444. The smallest absolute Gasteiger partial charge is 0.497 e. The number of hydroxylamine groups is 2. The van der Waals surface area contributed by atoms with Crippen LogP contribution in [0.3, 0.4) is 0 Å². The lowest BCUT2D eigenvalue weighted by Crippen LogP contribution is -2.47. The summed E-state index contributed by atoms with van der Waals surface area (Å²) in [6.07, 6.45) is 0.736. The van der Waals surface area contributed by atoms with Gasteiger partial charge in [0.05, 0.1) is 42.9 Å². The molecule has 4 rings (SSSR count). The predicted octanol–water partition coefficient (Wildman–Crippen LogP) is 4.51. The fourth-order valence-electron chi connectivity index (χ4n) is 4.02. The minimum absolute atomic E-state index is 0.203. The second-order valence-corrected chi connectivity index (χ2v) is 11.1. The normalized spacial score (nSPS) is 14.1. The number of benzene rings is 1. The average molecular weight is 558 g/mol. The Bertz CT molecular complexity index is 1250. The van der Waals surface area contributed by atoms with E-state index in [1.165, 1.54) is 11.3 Å². The summed E-state index contributed by atoms with van der Waals surface area (Å²) in [5.74, 6) is 1.82. The van der Waals surface area contributed by atoms with Crippen molar-refractivity contribution in [1.82, 2.24) is 15.3 Å². The zero-order valence-corrected chi connectivity index (χ0v) is 23.7. The number of carbonyl (C=O) groups is 2. The molecule has 12 heteroatoms. The molecule has 1 amide bonds. The van der Waals surface area contributed by atoms with Gasteiger partial charge in [-0.1, -0.05) is 0 Å². The van der Waals surface area contributed by atoms with E-state index >= 15 is 0 Å². The summed E-state index contributed by atoms with van der Waals surface area (Å²) in [4.78, 5) is 32.8. The van der Waals surface area contributed by atoms with Crippen molar-refractivity contribution in [3.63, 3.8) is 0 Å². The van der Waals surface area contributed by atoms with Crippen molar-refractivity contribution in [3.05, 3.63) is 52.5 Å². The molecule has 0 atom stereocenters. The highest BCUT2D eigenvalue weighted by atomic mass is 32.1. The second-order valence-electron chi connectivity index (χ2n) is 10.1. The lowest BCUT2D eigenvalue weighted by atomic mass is 10.1. The topological polar surface area (TPSA) is 118 Å². The van der Waals surface area contributed by atoms with E-state index in [2.05, 4.69) is 20.4 Å². The standard InChI is InChI=1S/C27H35N5O6S/c1-27(2,3)37-26(34)38-32-12-10-31(11-13-32)24-9-8-22(39-24)25(33)28-23-16-19(29-30-23)7-6-18-14-20(35-4)17-21(15-18)36-5/h8-9,14-17H,6-7,10-13H2,1-5H3,(H2,28,29,30,33). The molecule has 1 fully saturated rings. The zero-order valence-electron chi connectivity index (χ0n) is 22.9. The molecule has 0 saturated carbocycles. The Labute approximate surface area is 231 Å². The first-order valence-corrected chi connectivity index (χ1v) is 13.5. The average Bonchev–Trinajstić information content (AvgIpc) is 3.56. The number of rotatable bonds is 9. The molecular weight excluding hydrogens is 522 g/mol. The molecule has 210 valence electrons. The summed E-state index contributed by atoms with van der Waals surface area (Å²) in [6.45, 7) is 7.79. The maximum Gasteiger partial charge on any atom is 0.528 e. The Morgan fingerprint density at radius 2 is 1.69 bits per heavy atom. The molecule has 0 unspecified atom stereocenters. The lowest BCUT2D eigenvalue weighted by molar-refractivity contribution is -0.144. The number of ether oxygens (including phenoxy) is 3. The molecule has 0 spiro atoms. The van der Waals surface area contributed by atoms with E-state index in [4.69, 9.17) is 19.0 Å². The quantitative estimate of drug-likeness (QED) is 0.366. The van der Waals surface area contributed by atoms with Crippen LogP contribution in [0.2, 0.25) is 0 Å². The van der Waals surface area contributed by atoms with Crippen LogP contribution in [0.25, 0.3) is 0 Å². The van der Waals surface area contributed by atoms with Gasteiger partial charge in [-0.25, -0.2) is 4.79 Å². The first kappa shape index (κ1) is 28.2. The van der Waals surface area contributed by atoms with E-state index in [0.717, 1.165) is 34.2 Å². The monoisotopic (exact) mass is 557 g/mol. The number of nitrogens with zero attached hydrogens (tertiary/aromatic N) is 3. The molecule has 3 heterocycles. The molecule has 1 saturated heterocycles. The van der Waals surface area contributed by atoms with Crippen molar-refractivity contribution < 1.29 is 28.6 Å². The van der Waals surface area contributed by atoms with Gasteiger partial charge in [0.15, 0.2) is 0 Å². The molecule has 1 aliphatic rings. The number of aromatic amines is 1. The maximum atomic E-state index is 12.9. The van der Waals surface area contributed by atoms with Gasteiger partial charge < -0.3 is 29.3 Å². The minimum Gasteiger partial charge on any atom is -0.497 e. The number of aromatic nitrogens is 2. The van der Waals surface area contributed by atoms with Crippen LogP contribution < -0.4 is 19.7 Å². The van der Waals surface area contributed by atoms with E-state index in [0.29, 0.717) is 43.3 Å². The van der Waals surface area contributed by atoms with Crippen molar-refractivity contribution in [2.24, 2.45) is 0 Å². The summed E-state index contributed by atoms with van der Waals surface area (Å²) < 4.78 is 15.9. The van der Waals surface area contributed by atoms with Crippen LogP contribution in [-0.2, 0) is 22.4 Å². The molecule has 0 bridgehead atoms. The highest BCUT2D eigenvalue weighted by Gasteiger charge is 2.25. The van der Waals surface area contributed by atoms with E-state index in [1.54, 1.807) is 40.1 Å². The van der Waals surface area contributed by atoms with Gasteiger partial charge in [0.2, 0.25) is 0 Å². The molecule has 1 aromatic carbocycles. The Morgan fingerprint density at radius 3 is 2.33 bits per heavy atom. The number of amides is 1. The second kappa shape index (κ2) is 12.4. The molecule has 1 aliphatic heterocycles. The van der Waals surface area contributed by atoms with Crippen molar-refractivity contribution in [2.75, 3.05) is 50.6 Å². The van der Waals surface area contributed by atoms with Gasteiger partial charge in [-0.3, -0.25) is 9.89 Å². The zero-order chi connectivity index (χ0) is 28.0. The molecule has 2 aromatic heterocycles. The first-order chi connectivity index (χ1) is 18.6. The van der Waals surface area contributed by atoms with Crippen LogP contribution in [0.1, 0.15) is 41.7 Å². The summed E-state index contributed by atoms with van der Waals surface area (Å²) in [7, 11) is 3.25. The lowest BCUT2D eigenvalue weighted by Gasteiger charge is -2.34. The third-order valence-corrected chi connectivity index (χ3v) is 7.06. The van der Waals surface area contributed by atoms with Crippen LogP contribution in [0, 0.1) is 0 Å². The molecule has 0 aliphatic carbocycles. The third kappa shape index (κ3) is 8.11. The number of piperazine rings is 1. The van der Waals surface area contributed by atoms with Gasteiger partial charge in [0.1, 0.15) is 22.9 Å². The van der Waals surface area contributed by atoms with Crippen LogP contribution in [-0.4, -0.2) is 73.3 Å². The number of hydrogen-bond donors (Lipinski definition) is 2.